The van der Waals surface area contributed by atoms with E-state index in [1.807, 2.05) is 65.0 Å². The molecule has 7 nitrogen and oxygen atoms in total. The van der Waals surface area contributed by atoms with Crippen LogP contribution in [0.4, 0.5) is 0 Å². The van der Waals surface area contributed by atoms with Gasteiger partial charge in [-0.05, 0) is 62.4 Å². The normalized spacial score (nSPS) is 17.9. The van der Waals surface area contributed by atoms with Crippen molar-refractivity contribution < 1.29 is 14.3 Å². The second-order valence-electron chi connectivity index (χ2n) is 9.42. The van der Waals surface area contributed by atoms with Crippen LogP contribution in [-0.4, -0.2) is 71.0 Å². The second-order valence-corrected chi connectivity index (χ2v) is 9.42. The summed E-state index contributed by atoms with van der Waals surface area (Å²) in [5, 5.41) is 0. The van der Waals surface area contributed by atoms with Crippen LogP contribution in [0, 0.1) is 12.8 Å². The Kier molecular flexibility index (Phi) is 7.11. The van der Waals surface area contributed by atoms with E-state index in [1.54, 1.807) is 0 Å². The van der Waals surface area contributed by atoms with Crippen molar-refractivity contribution in [3.63, 3.8) is 0 Å². The smallest absolute Gasteiger partial charge is 0.257 e. The molecule has 1 amide bonds. The number of ether oxygens (including phenoxy) is 2. The highest BCUT2D eigenvalue weighted by atomic mass is 16.5. The highest BCUT2D eigenvalue weighted by Crippen LogP contribution is 2.26. The van der Waals surface area contributed by atoms with Gasteiger partial charge in [-0.15, -0.1) is 0 Å². The molecule has 0 aliphatic carbocycles. The van der Waals surface area contributed by atoms with Gasteiger partial charge in [0.2, 0.25) is 0 Å². The molecule has 0 atom stereocenters. The summed E-state index contributed by atoms with van der Waals surface area (Å²) in [6, 6.07) is 11.6. The third-order valence-electron chi connectivity index (χ3n) is 7.08. The van der Waals surface area contributed by atoms with E-state index in [9.17, 15) is 4.79 Å². The summed E-state index contributed by atoms with van der Waals surface area (Å²) >= 11 is 0. The van der Waals surface area contributed by atoms with Crippen LogP contribution in [0.1, 0.15) is 40.9 Å². The molecule has 34 heavy (non-hydrogen) atoms. The number of carbonyl (C=O) groups excluding carboxylic acids is 1. The lowest BCUT2D eigenvalue weighted by Gasteiger charge is -2.34. The molecule has 0 saturated carbocycles. The summed E-state index contributed by atoms with van der Waals surface area (Å²) in [5.41, 5.74) is 3.53. The van der Waals surface area contributed by atoms with Gasteiger partial charge in [0.25, 0.3) is 5.91 Å². The van der Waals surface area contributed by atoms with Crippen LogP contribution in [0.15, 0.2) is 48.8 Å². The van der Waals surface area contributed by atoms with Crippen molar-refractivity contribution >= 4 is 11.6 Å². The zero-order valence-corrected chi connectivity index (χ0v) is 20.0. The SMILES string of the molecule is Cc1cccn2cc(COc3ccccc3C(=O)N3CCC(CCN4CCOCC4)CC3)nc12. The van der Waals surface area contributed by atoms with E-state index in [1.165, 1.54) is 6.42 Å². The molecule has 0 radical (unpaired) electrons. The number of fused-ring (bicyclic) bond motifs is 1. The topological polar surface area (TPSA) is 59.3 Å². The third-order valence-corrected chi connectivity index (χ3v) is 7.08. The van der Waals surface area contributed by atoms with E-state index >= 15 is 0 Å². The Labute approximate surface area is 201 Å². The first-order valence-electron chi connectivity index (χ1n) is 12.4. The molecule has 2 aliphatic heterocycles. The molecule has 2 saturated heterocycles. The van der Waals surface area contributed by atoms with Gasteiger partial charge in [-0.3, -0.25) is 9.69 Å². The fourth-order valence-electron chi connectivity index (χ4n) is 4.98. The number of rotatable bonds is 7. The fourth-order valence-corrected chi connectivity index (χ4v) is 4.98. The number of likely N-dealkylation sites (tertiary alicyclic amines) is 1. The molecule has 7 heteroatoms. The maximum Gasteiger partial charge on any atom is 0.257 e. The lowest BCUT2D eigenvalue weighted by atomic mass is 9.93. The van der Waals surface area contributed by atoms with Crippen molar-refractivity contribution in [1.29, 1.82) is 0 Å². The van der Waals surface area contributed by atoms with E-state index in [4.69, 9.17) is 9.47 Å². The Morgan fingerprint density at radius 1 is 1.09 bits per heavy atom. The Morgan fingerprint density at radius 2 is 1.88 bits per heavy atom. The molecule has 0 bridgehead atoms. The number of aromatic nitrogens is 2. The average molecular weight is 463 g/mol. The van der Waals surface area contributed by atoms with Crippen molar-refractivity contribution in [2.75, 3.05) is 45.9 Å². The minimum Gasteiger partial charge on any atom is -0.486 e. The number of hydrogen-bond donors (Lipinski definition) is 0. The summed E-state index contributed by atoms with van der Waals surface area (Å²) in [6.07, 6.45) is 7.31. The van der Waals surface area contributed by atoms with Gasteiger partial charge in [0.1, 0.15) is 18.0 Å². The lowest BCUT2D eigenvalue weighted by molar-refractivity contribution is 0.0332. The molecule has 0 unspecified atom stereocenters. The van der Waals surface area contributed by atoms with E-state index in [2.05, 4.69) is 9.88 Å². The Bertz CT molecular complexity index is 1110. The Balaban J connectivity index is 1.16. The van der Waals surface area contributed by atoms with E-state index in [0.29, 0.717) is 23.8 Å². The fraction of sp³-hybridized carbons (Fsp3) is 0.481. The maximum absolute atomic E-state index is 13.3. The molecular formula is C27H34N4O3. The highest BCUT2D eigenvalue weighted by molar-refractivity contribution is 5.97. The van der Waals surface area contributed by atoms with Gasteiger partial charge < -0.3 is 18.8 Å². The number of amides is 1. The standard InChI is InChI=1S/C27H34N4O3/c1-21-5-4-11-31-19-23(28-26(21)31)20-34-25-7-3-2-6-24(25)27(32)30-13-9-22(10-14-30)8-12-29-15-17-33-18-16-29/h2-7,11,19,22H,8-10,12-18,20H2,1H3. The minimum absolute atomic E-state index is 0.0630. The molecule has 4 heterocycles. The molecule has 2 aromatic heterocycles. The first-order valence-corrected chi connectivity index (χ1v) is 12.4. The zero-order chi connectivity index (χ0) is 23.3. The maximum atomic E-state index is 13.3. The average Bonchev–Trinajstić information content (AvgIpc) is 3.32. The summed E-state index contributed by atoms with van der Waals surface area (Å²) in [4.78, 5) is 22.5. The molecule has 0 N–H and O–H groups in total. The molecule has 2 aliphatic rings. The highest BCUT2D eigenvalue weighted by Gasteiger charge is 2.26. The van der Waals surface area contributed by atoms with E-state index < -0.39 is 0 Å². The molecule has 5 rings (SSSR count). The molecule has 180 valence electrons. The number of para-hydroxylation sites is 1. The van der Waals surface area contributed by atoms with Crippen LogP contribution in [0.25, 0.3) is 5.65 Å². The quantitative estimate of drug-likeness (QED) is 0.535. The van der Waals surface area contributed by atoms with Gasteiger partial charge in [0.05, 0.1) is 24.5 Å². The van der Waals surface area contributed by atoms with Crippen molar-refractivity contribution in [2.45, 2.75) is 32.8 Å². The summed E-state index contributed by atoms with van der Waals surface area (Å²) in [6.45, 7) is 8.93. The Hall–Kier alpha value is -2.90. The van der Waals surface area contributed by atoms with Crippen LogP contribution in [0.2, 0.25) is 0 Å². The minimum atomic E-state index is 0.0630. The number of nitrogens with zero attached hydrogens (tertiary/aromatic N) is 4. The van der Waals surface area contributed by atoms with Crippen LogP contribution < -0.4 is 4.74 Å². The predicted molar refractivity (Wildman–Crippen MR) is 131 cm³/mol. The number of morpholine rings is 1. The van der Waals surface area contributed by atoms with Gasteiger partial charge in [0, 0.05) is 38.6 Å². The van der Waals surface area contributed by atoms with Crippen molar-refractivity contribution in [3.05, 3.63) is 65.6 Å². The number of hydrogen-bond acceptors (Lipinski definition) is 5. The molecular weight excluding hydrogens is 428 g/mol. The molecule has 3 aromatic rings. The van der Waals surface area contributed by atoms with Crippen LogP contribution in [-0.2, 0) is 11.3 Å². The zero-order valence-electron chi connectivity index (χ0n) is 20.0. The van der Waals surface area contributed by atoms with Crippen molar-refractivity contribution in [1.82, 2.24) is 19.2 Å². The van der Waals surface area contributed by atoms with Gasteiger partial charge in [-0.25, -0.2) is 4.98 Å². The van der Waals surface area contributed by atoms with Crippen LogP contribution in [0.5, 0.6) is 5.75 Å². The summed E-state index contributed by atoms with van der Waals surface area (Å²) in [5.74, 6) is 1.38. The van der Waals surface area contributed by atoms with Crippen LogP contribution >= 0.6 is 0 Å². The van der Waals surface area contributed by atoms with Gasteiger partial charge in [0.15, 0.2) is 0 Å². The lowest BCUT2D eigenvalue weighted by Crippen LogP contribution is -2.41. The number of imidazole rings is 1. The molecule has 1 aromatic carbocycles. The number of piperidine rings is 1. The summed E-state index contributed by atoms with van der Waals surface area (Å²) in [7, 11) is 0. The van der Waals surface area contributed by atoms with Gasteiger partial charge in [-0.1, -0.05) is 18.2 Å². The number of benzene rings is 1. The van der Waals surface area contributed by atoms with Gasteiger partial charge in [-0.2, -0.15) is 0 Å². The van der Waals surface area contributed by atoms with Crippen molar-refractivity contribution in [2.24, 2.45) is 5.92 Å². The summed E-state index contributed by atoms with van der Waals surface area (Å²) < 4.78 is 13.5. The van der Waals surface area contributed by atoms with E-state index in [-0.39, 0.29) is 5.91 Å². The predicted octanol–water partition coefficient (Wildman–Crippen LogP) is 3.80. The second kappa shape index (κ2) is 10.6. The number of pyridine rings is 1. The number of aryl methyl sites for hydroxylation is 1. The first kappa shape index (κ1) is 22.9. The monoisotopic (exact) mass is 462 g/mol. The third kappa shape index (κ3) is 5.26. The van der Waals surface area contributed by atoms with E-state index in [0.717, 1.165) is 75.7 Å². The molecule has 0 spiro atoms. The first-order chi connectivity index (χ1) is 16.7. The van der Waals surface area contributed by atoms with Gasteiger partial charge >= 0.3 is 0 Å². The Morgan fingerprint density at radius 3 is 2.68 bits per heavy atom. The number of carbonyl (C=O) groups is 1. The molecule has 2 fully saturated rings. The largest absolute Gasteiger partial charge is 0.486 e. The van der Waals surface area contributed by atoms with Crippen LogP contribution in [0.3, 0.4) is 0 Å². The van der Waals surface area contributed by atoms with Crippen molar-refractivity contribution in [3.8, 4) is 5.75 Å².